The molecule has 1 aliphatic carbocycles. The van der Waals surface area contributed by atoms with Crippen LogP contribution in [0.25, 0.3) is 0 Å². The molecule has 0 radical (unpaired) electrons. The Kier molecular flexibility index (Phi) is 15.3. The molecule has 0 nitrogen and oxygen atoms in total. The van der Waals surface area contributed by atoms with Crippen molar-refractivity contribution >= 4 is 0 Å². The SMILES string of the molecule is C[CH-]C.[CH2-]CC(C(C)C)C1[CH-]CCCC1.[Y+3]. The fraction of sp³-hybridized carbons (Fsp3) is 0.800. The Balaban J connectivity index is 0. The van der Waals surface area contributed by atoms with Crippen LogP contribution in [0.1, 0.15) is 59.8 Å². The Labute approximate surface area is 129 Å². The summed E-state index contributed by atoms with van der Waals surface area (Å²) in [6.45, 7) is 12.7. The molecule has 0 spiro atoms. The van der Waals surface area contributed by atoms with Gasteiger partial charge >= 0.3 is 32.7 Å². The second kappa shape index (κ2) is 12.6. The van der Waals surface area contributed by atoms with Gasteiger partial charge in [-0.15, -0.1) is 0 Å². The maximum Gasteiger partial charge on any atom is 3.00 e. The topological polar surface area (TPSA) is 0 Å². The summed E-state index contributed by atoms with van der Waals surface area (Å²) in [6, 6.07) is 0. The first kappa shape index (κ1) is 19.4. The molecule has 1 rings (SSSR count). The molecule has 0 aromatic carbocycles. The third-order valence-electron chi connectivity index (χ3n) is 3.20. The summed E-state index contributed by atoms with van der Waals surface area (Å²) in [5.41, 5.74) is 0. The molecule has 0 bridgehead atoms. The van der Waals surface area contributed by atoms with Crippen molar-refractivity contribution in [3.63, 3.8) is 0 Å². The largest absolute Gasteiger partial charge is 3.00 e. The smallest absolute Gasteiger partial charge is 0.343 e. The zero-order chi connectivity index (χ0) is 11.7. The number of rotatable bonds is 3. The minimum Gasteiger partial charge on any atom is -0.343 e. The van der Waals surface area contributed by atoms with Crippen molar-refractivity contribution in [2.45, 2.75) is 59.8 Å². The average Bonchev–Trinajstić information content (AvgIpc) is 2.21. The van der Waals surface area contributed by atoms with Crippen molar-refractivity contribution in [1.29, 1.82) is 0 Å². The van der Waals surface area contributed by atoms with E-state index in [0.29, 0.717) is 0 Å². The van der Waals surface area contributed by atoms with Crippen LogP contribution in [0.4, 0.5) is 0 Å². The van der Waals surface area contributed by atoms with Crippen molar-refractivity contribution in [3.8, 4) is 0 Å². The van der Waals surface area contributed by atoms with E-state index in [9.17, 15) is 0 Å². The van der Waals surface area contributed by atoms with Crippen LogP contribution in [0.2, 0.25) is 0 Å². The van der Waals surface area contributed by atoms with E-state index in [4.69, 9.17) is 0 Å². The van der Waals surface area contributed by atoms with Gasteiger partial charge in [0.1, 0.15) is 0 Å². The van der Waals surface area contributed by atoms with Crippen molar-refractivity contribution < 1.29 is 32.7 Å². The second-order valence-electron chi connectivity index (χ2n) is 4.96. The summed E-state index contributed by atoms with van der Waals surface area (Å²) >= 11 is 0. The molecule has 0 N–H and O–H groups in total. The quantitative estimate of drug-likeness (QED) is 0.635. The molecule has 2 atom stereocenters. The van der Waals surface area contributed by atoms with E-state index in [-0.39, 0.29) is 32.7 Å². The first-order valence-electron chi connectivity index (χ1n) is 6.53. The fourth-order valence-corrected chi connectivity index (χ4v) is 2.40. The Bertz CT molecular complexity index is 125. The molecule has 1 aliphatic rings. The van der Waals surface area contributed by atoms with Crippen LogP contribution in [0, 0.1) is 37.5 Å². The van der Waals surface area contributed by atoms with Gasteiger partial charge in [0.2, 0.25) is 0 Å². The molecule has 0 aromatic rings. The van der Waals surface area contributed by atoms with Crippen molar-refractivity contribution in [2.24, 2.45) is 17.8 Å². The molecule has 0 amide bonds. The summed E-state index contributed by atoms with van der Waals surface area (Å²) in [5, 5.41) is 0. The van der Waals surface area contributed by atoms with Crippen LogP contribution in [0.3, 0.4) is 0 Å². The van der Waals surface area contributed by atoms with Gasteiger partial charge in [-0.3, -0.25) is 0 Å². The molecule has 92 valence electrons. The molecule has 0 heterocycles. The molecule has 1 saturated carbocycles. The molecule has 2 unspecified atom stereocenters. The standard InChI is InChI=1S/C12H22.C3H7.Y/c1-4-12(10(2)3)11-8-6-5-7-9-11;1-3-2;/h8,10-12H,1,4-7,9H2,2-3H3;3H,1-2H3;/q-2;-1;+3. The van der Waals surface area contributed by atoms with E-state index in [0.717, 1.165) is 24.2 Å². The van der Waals surface area contributed by atoms with Gasteiger partial charge in [0, 0.05) is 0 Å². The van der Waals surface area contributed by atoms with Crippen LogP contribution in [0.5, 0.6) is 0 Å². The van der Waals surface area contributed by atoms with Gasteiger partial charge in [-0.2, -0.15) is 32.6 Å². The van der Waals surface area contributed by atoms with Crippen LogP contribution in [-0.2, 0) is 32.7 Å². The zero-order valence-corrected chi connectivity index (χ0v) is 14.5. The van der Waals surface area contributed by atoms with Crippen LogP contribution < -0.4 is 0 Å². The molecule has 0 aromatic heterocycles. The van der Waals surface area contributed by atoms with Crippen molar-refractivity contribution in [3.05, 3.63) is 19.8 Å². The van der Waals surface area contributed by atoms with Gasteiger partial charge in [-0.25, -0.2) is 0 Å². The maximum atomic E-state index is 4.06. The third kappa shape index (κ3) is 8.23. The van der Waals surface area contributed by atoms with E-state index in [2.05, 4.69) is 27.2 Å². The summed E-state index contributed by atoms with van der Waals surface area (Å²) < 4.78 is 0. The van der Waals surface area contributed by atoms with E-state index in [1.165, 1.54) is 25.7 Å². The maximum absolute atomic E-state index is 4.06. The molecule has 1 heteroatoms. The minimum atomic E-state index is 0. The zero-order valence-electron chi connectivity index (χ0n) is 11.7. The van der Waals surface area contributed by atoms with Gasteiger partial charge in [0.05, 0.1) is 0 Å². The normalized spacial score (nSPS) is 21.8. The van der Waals surface area contributed by atoms with Gasteiger partial charge in [-0.05, 0) is 5.92 Å². The number of hydrogen-bond acceptors (Lipinski definition) is 0. The van der Waals surface area contributed by atoms with Gasteiger partial charge in [-0.1, -0.05) is 39.0 Å². The van der Waals surface area contributed by atoms with Gasteiger partial charge < -0.3 is 19.8 Å². The Hall–Kier alpha value is 1.10. The first-order chi connectivity index (χ1) is 7.17. The third-order valence-corrected chi connectivity index (χ3v) is 3.20. The fourth-order valence-electron chi connectivity index (χ4n) is 2.40. The van der Waals surface area contributed by atoms with Gasteiger partial charge in [0.25, 0.3) is 0 Å². The molecule has 0 saturated heterocycles. The summed E-state index contributed by atoms with van der Waals surface area (Å²) in [4.78, 5) is 0. The molecule has 0 aliphatic heterocycles. The van der Waals surface area contributed by atoms with E-state index in [1.54, 1.807) is 0 Å². The summed E-state index contributed by atoms with van der Waals surface area (Å²) in [5.74, 6) is 2.52. The monoisotopic (exact) mass is 298 g/mol. The number of hydrogen-bond donors (Lipinski definition) is 0. The summed E-state index contributed by atoms with van der Waals surface area (Å²) in [7, 11) is 0. The Morgan fingerprint density at radius 3 is 2.19 bits per heavy atom. The van der Waals surface area contributed by atoms with E-state index in [1.807, 2.05) is 20.3 Å². The van der Waals surface area contributed by atoms with Crippen LogP contribution in [-0.4, -0.2) is 0 Å². The van der Waals surface area contributed by atoms with Crippen molar-refractivity contribution in [1.82, 2.24) is 0 Å². The average molecular weight is 298 g/mol. The predicted octanol–water partition coefficient (Wildman–Crippen LogP) is 5.11. The van der Waals surface area contributed by atoms with Crippen LogP contribution >= 0.6 is 0 Å². The Morgan fingerprint density at radius 2 is 1.88 bits per heavy atom. The van der Waals surface area contributed by atoms with Crippen LogP contribution in [0.15, 0.2) is 0 Å². The van der Waals surface area contributed by atoms with E-state index >= 15 is 0 Å². The molecular weight excluding hydrogens is 269 g/mol. The van der Waals surface area contributed by atoms with Gasteiger partial charge in [0.15, 0.2) is 0 Å². The van der Waals surface area contributed by atoms with E-state index < -0.39 is 0 Å². The molecule has 16 heavy (non-hydrogen) atoms. The minimum absolute atomic E-state index is 0. The van der Waals surface area contributed by atoms with Crippen molar-refractivity contribution in [2.75, 3.05) is 0 Å². The predicted molar refractivity (Wildman–Crippen MR) is 70.2 cm³/mol. The first-order valence-corrected chi connectivity index (χ1v) is 6.53. The second-order valence-corrected chi connectivity index (χ2v) is 4.96. The molecule has 1 fully saturated rings. The Morgan fingerprint density at radius 1 is 1.31 bits per heavy atom. The summed E-state index contributed by atoms with van der Waals surface area (Å²) in [6.07, 6.45) is 11.3. The molecular formula is C15H29Y.